The van der Waals surface area contributed by atoms with Gasteiger partial charge >= 0.3 is 11.6 Å². The van der Waals surface area contributed by atoms with Crippen LogP contribution in [0.5, 0.6) is 0 Å². The fourth-order valence-electron chi connectivity index (χ4n) is 2.65. The minimum Gasteiger partial charge on any atom is -0.469 e. The number of aromatic nitrogens is 2. The Kier molecular flexibility index (Phi) is 5.46. The molecule has 0 radical (unpaired) electrons. The average Bonchev–Trinajstić information content (AvgIpc) is 2.62. The van der Waals surface area contributed by atoms with Crippen LogP contribution >= 0.6 is 11.8 Å². The van der Waals surface area contributed by atoms with E-state index in [2.05, 4.69) is 14.7 Å². The molecule has 0 unspecified atom stereocenters. The van der Waals surface area contributed by atoms with E-state index < -0.39 is 11.6 Å². The number of hydrogen-bond acceptors (Lipinski definition) is 7. The quantitative estimate of drug-likeness (QED) is 0.311. The number of ether oxygens (including phenoxy) is 1. The second-order valence-corrected chi connectivity index (χ2v) is 7.02. The number of hydrogen-bond donors (Lipinski definition) is 1. The second kappa shape index (κ2) is 7.79. The van der Waals surface area contributed by atoms with E-state index in [0.717, 1.165) is 22.1 Å². The van der Waals surface area contributed by atoms with Gasteiger partial charge in [-0.05, 0) is 30.5 Å². The Morgan fingerprint density at radius 3 is 2.78 bits per heavy atom. The van der Waals surface area contributed by atoms with Gasteiger partial charge in [0.25, 0.3) is 5.56 Å². The largest absolute Gasteiger partial charge is 0.469 e. The van der Waals surface area contributed by atoms with Crippen molar-refractivity contribution in [3.05, 3.63) is 67.4 Å². The molecule has 2 heterocycles. The van der Waals surface area contributed by atoms with Gasteiger partial charge in [0.2, 0.25) is 0 Å². The summed E-state index contributed by atoms with van der Waals surface area (Å²) in [6.07, 6.45) is -0.0791. The molecule has 3 aromatic rings. The van der Waals surface area contributed by atoms with E-state index in [1.54, 1.807) is 0 Å². The van der Waals surface area contributed by atoms with Gasteiger partial charge in [0, 0.05) is 23.3 Å². The minimum absolute atomic E-state index is 0.0791. The van der Waals surface area contributed by atoms with E-state index in [1.807, 2.05) is 26.0 Å². The third kappa shape index (κ3) is 4.28. The number of H-pyrrole nitrogens is 1. The summed E-state index contributed by atoms with van der Waals surface area (Å²) in [7, 11) is 1.28. The predicted octanol–water partition coefficient (Wildman–Crippen LogP) is 2.50. The van der Waals surface area contributed by atoms with Crippen LogP contribution in [0.1, 0.15) is 22.4 Å². The lowest BCUT2D eigenvalue weighted by molar-refractivity contribution is -0.139. The third-order valence-electron chi connectivity index (χ3n) is 4.21. The molecule has 0 aliphatic carbocycles. The lowest BCUT2D eigenvalue weighted by Crippen LogP contribution is -2.14. The van der Waals surface area contributed by atoms with Crippen LogP contribution in [0.15, 0.2) is 43.4 Å². The standard InChI is InChI=1S/C19H18N2O5S/c1-10-4-5-14-12(6-17(24)26-18(14)11(10)2)9-27-19-20-13(7-15(22)21-19)8-16(23)25-3/h4-7H,8-9H2,1-3H3,(H,20,21,22). The molecule has 8 heteroatoms. The maximum absolute atomic E-state index is 11.9. The van der Waals surface area contributed by atoms with Crippen molar-refractivity contribution >= 4 is 28.7 Å². The number of aromatic amines is 1. The molecule has 0 atom stereocenters. The van der Waals surface area contributed by atoms with Crippen LogP contribution < -0.4 is 11.2 Å². The summed E-state index contributed by atoms with van der Waals surface area (Å²) in [6, 6.07) is 6.60. The molecule has 0 aliphatic heterocycles. The van der Waals surface area contributed by atoms with Crippen LogP contribution in [0, 0.1) is 13.8 Å². The van der Waals surface area contributed by atoms with Gasteiger partial charge in [0.05, 0.1) is 19.2 Å². The fraction of sp³-hybridized carbons (Fsp3) is 0.263. The van der Waals surface area contributed by atoms with Gasteiger partial charge in [-0.3, -0.25) is 9.59 Å². The van der Waals surface area contributed by atoms with E-state index >= 15 is 0 Å². The molecule has 0 bridgehead atoms. The molecule has 1 aromatic carbocycles. The normalized spacial score (nSPS) is 10.9. The first-order valence-corrected chi connectivity index (χ1v) is 9.18. The maximum atomic E-state index is 11.9. The summed E-state index contributed by atoms with van der Waals surface area (Å²) in [4.78, 5) is 42.1. The van der Waals surface area contributed by atoms with Crippen molar-refractivity contribution in [2.24, 2.45) is 0 Å². The van der Waals surface area contributed by atoms with E-state index in [9.17, 15) is 14.4 Å². The Morgan fingerprint density at radius 2 is 2.04 bits per heavy atom. The van der Waals surface area contributed by atoms with Gasteiger partial charge in [0.15, 0.2) is 5.16 Å². The van der Waals surface area contributed by atoms with E-state index in [1.165, 1.54) is 31.0 Å². The molecule has 2 aromatic heterocycles. The first kappa shape index (κ1) is 18.9. The van der Waals surface area contributed by atoms with Crippen molar-refractivity contribution in [2.75, 3.05) is 7.11 Å². The van der Waals surface area contributed by atoms with Gasteiger partial charge in [-0.2, -0.15) is 0 Å². The number of nitrogens with zero attached hydrogens (tertiary/aromatic N) is 1. The lowest BCUT2D eigenvalue weighted by atomic mass is 10.0. The number of aryl methyl sites for hydroxylation is 2. The van der Waals surface area contributed by atoms with Crippen LogP contribution in [0.2, 0.25) is 0 Å². The Bertz CT molecular complexity index is 1130. The van der Waals surface area contributed by atoms with Gasteiger partial charge in [-0.25, -0.2) is 9.78 Å². The highest BCUT2D eigenvalue weighted by Crippen LogP contribution is 2.27. The molecular weight excluding hydrogens is 368 g/mol. The van der Waals surface area contributed by atoms with E-state index in [4.69, 9.17) is 4.42 Å². The number of rotatable bonds is 5. The third-order valence-corrected chi connectivity index (χ3v) is 5.13. The van der Waals surface area contributed by atoms with Crippen LogP contribution in [-0.4, -0.2) is 23.0 Å². The highest BCUT2D eigenvalue weighted by molar-refractivity contribution is 7.98. The first-order valence-electron chi connectivity index (χ1n) is 8.20. The minimum atomic E-state index is -0.471. The van der Waals surface area contributed by atoms with Crippen molar-refractivity contribution in [1.29, 1.82) is 0 Å². The van der Waals surface area contributed by atoms with Crippen LogP contribution in [0.3, 0.4) is 0 Å². The number of fused-ring (bicyclic) bond motifs is 1. The highest BCUT2D eigenvalue weighted by Gasteiger charge is 2.12. The predicted molar refractivity (Wildman–Crippen MR) is 102 cm³/mol. The lowest BCUT2D eigenvalue weighted by Gasteiger charge is -2.09. The molecule has 3 rings (SSSR count). The van der Waals surface area contributed by atoms with Crippen molar-refractivity contribution in [3.63, 3.8) is 0 Å². The zero-order valence-corrected chi connectivity index (χ0v) is 15.9. The van der Waals surface area contributed by atoms with Crippen LogP contribution in [-0.2, 0) is 21.7 Å². The van der Waals surface area contributed by atoms with Crippen LogP contribution in [0.25, 0.3) is 11.0 Å². The maximum Gasteiger partial charge on any atom is 0.336 e. The van der Waals surface area contributed by atoms with E-state index in [0.29, 0.717) is 22.2 Å². The monoisotopic (exact) mass is 386 g/mol. The molecule has 1 N–H and O–H groups in total. The van der Waals surface area contributed by atoms with Gasteiger partial charge < -0.3 is 14.1 Å². The smallest absolute Gasteiger partial charge is 0.336 e. The Balaban J connectivity index is 1.91. The Morgan fingerprint density at radius 1 is 1.26 bits per heavy atom. The summed E-state index contributed by atoms with van der Waals surface area (Å²) >= 11 is 1.27. The summed E-state index contributed by atoms with van der Waals surface area (Å²) < 4.78 is 9.97. The van der Waals surface area contributed by atoms with E-state index in [-0.39, 0.29) is 12.0 Å². The molecule has 0 amide bonds. The second-order valence-electron chi connectivity index (χ2n) is 6.06. The fourth-order valence-corrected chi connectivity index (χ4v) is 3.54. The Labute approximate surface area is 158 Å². The summed E-state index contributed by atoms with van der Waals surface area (Å²) in [5.74, 6) is -0.0589. The van der Waals surface area contributed by atoms with Crippen molar-refractivity contribution < 1.29 is 13.9 Å². The number of nitrogens with one attached hydrogen (secondary N) is 1. The SMILES string of the molecule is COC(=O)Cc1cc(=O)[nH]c(SCc2cc(=O)oc3c(C)c(C)ccc23)n1. The summed E-state index contributed by atoms with van der Waals surface area (Å²) in [5, 5.41) is 1.21. The molecule has 0 saturated heterocycles. The highest BCUT2D eigenvalue weighted by atomic mass is 32.2. The zero-order chi connectivity index (χ0) is 19.6. The van der Waals surface area contributed by atoms with Crippen molar-refractivity contribution in [3.8, 4) is 0 Å². The molecule has 7 nitrogen and oxygen atoms in total. The number of carbonyl (C=O) groups excluding carboxylic acids is 1. The van der Waals surface area contributed by atoms with Gasteiger partial charge in [-0.15, -0.1) is 0 Å². The Hall–Kier alpha value is -2.87. The topological polar surface area (TPSA) is 102 Å². The molecule has 0 fully saturated rings. The zero-order valence-electron chi connectivity index (χ0n) is 15.1. The molecule has 27 heavy (non-hydrogen) atoms. The molecule has 0 spiro atoms. The average molecular weight is 386 g/mol. The molecule has 140 valence electrons. The number of methoxy groups -OCH3 is 1. The number of carbonyl (C=O) groups is 1. The van der Waals surface area contributed by atoms with Crippen LogP contribution in [0.4, 0.5) is 0 Å². The molecule has 0 aliphatic rings. The van der Waals surface area contributed by atoms with Crippen molar-refractivity contribution in [2.45, 2.75) is 31.2 Å². The number of thioether (sulfide) groups is 1. The number of esters is 1. The summed E-state index contributed by atoms with van der Waals surface area (Å²) in [6.45, 7) is 3.87. The first-order chi connectivity index (χ1) is 12.9. The molecular formula is C19H18N2O5S. The number of benzene rings is 1. The van der Waals surface area contributed by atoms with Gasteiger partial charge in [-0.1, -0.05) is 23.9 Å². The van der Waals surface area contributed by atoms with Crippen molar-refractivity contribution in [1.82, 2.24) is 9.97 Å². The van der Waals surface area contributed by atoms with Gasteiger partial charge in [0.1, 0.15) is 5.58 Å². The molecule has 0 saturated carbocycles. The summed E-state index contributed by atoms with van der Waals surface area (Å²) in [5.41, 5.74) is 2.87.